The number of pyridine rings is 1. The maximum atomic E-state index is 6.20. The summed E-state index contributed by atoms with van der Waals surface area (Å²) in [6, 6.07) is 13.5. The van der Waals surface area contributed by atoms with Crippen LogP contribution >= 0.6 is 0 Å². The van der Waals surface area contributed by atoms with Crippen molar-refractivity contribution in [3.8, 4) is 5.75 Å². The molecular formula is C20H20N4O2. The van der Waals surface area contributed by atoms with E-state index in [0.29, 0.717) is 18.3 Å². The third-order valence-electron chi connectivity index (χ3n) is 4.54. The fourth-order valence-electron chi connectivity index (χ4n) is 2.77. The summed E-state index contributed by atoms with van der Waals surface area (Å²) in [4.78, 5) is 8.61. The van der Waals surface area contributed by atoms with Crippen molar-refractivity contribution in [2.45, 2.75) is 31.4 Å². The highest BCUT2D eigenvalue weighted by Crippen LogP contribution is 2.36. The Morgan fingerprint density at radius 3 is 2.65 bits per heavy atom. The van der Waals surface area contributed by atoms with E-state index >= 15 is 0 Å². The number of nitrogens with zero attached hydrogens (tertiary/aromatic N) is 3. The average Bonchev–Trinajstić information content (AvgIpc) is 3.14. The Kier molecular flexibility index (Phi) is 4.50. The van der Waals surface area contributed by atoms with Crippen molar-refractivity contribution in [3.05, 3.63) is 71.6 Å². The lowest BCUT2D eigenvalue weighted by atomic mass is 9.77. The maximum absolute atomic E-state index is 6.20. The van der Waals surface area contributed by atoms with E-state index < -0.39 is 5.54 Å². The summed E-state index contributed by atoms with van der Waals surface area (Å²) in [6.45, 7) is 0.446. The third kappa shape index (κ3) is 3.65. The molecule has 2 aromatic heterocycles. The molecule has 0 unspecified atom stereocenters. The van der Waals surface area contributed by atoms with Gasteiger partial charge in [0.15, 0.2) is 5.82 Å². The molecule has 1 fully saturated rings. The molecule has 0 spiro atoms. The number of hydrogen-bond acceptors (Lipinski definition) is 6. The molecule has 0 radical (unpaired) electrons. The van der Waals surface area contributed by atoms with Gasteiger partial charge in [-0.15, -0.1) is 0 Å². The number of aromatic nitrogens is 3. The highest BCUT2D eigenvalue weighted by atomic mass is 16.5. The van der Waals surface area contributed by atoms with Gasteiger partial charge in [0.2, 0.25) is 0 Å². The molecule has 3 aromatic rings. The first-order chi connectivity index (χ1) is 12.7. The third-order valence-corrected chi connectivity index (χ3v) is 4.54. The van der Waals surface area contributed by atoms with Crippen LogP contribution in [0.4, 0.5) is 0 Å². The van der Waals surface area contributed by atoms with Gasteiger partial charge in [0.1, 0.15) is 12.4 Å². The predicted octanol–water partition coefficient (Wildman–Crippen LogP) is 3.55. The number of rotatable bonds is 6. The predicted molar refractivity (Wildman–Crippen MR) is 98.0 cm³/mol. The fourth-order valence-corrected chi connectivity index (χ4v) is 2.77. The zero-order valence-corrected chi connectivity index (χ0v) is 14.3. The van der Waals surface area contributed by atoms with E-state index in [2.05, 4.69) is 15.1 Å². The second-order valence-corrected chi connectivity index (χ2v) is 6.48. The first-order valence-electron chi connectivity index (χ1n) is 8.65. The average molecular weight is 348 g/mol. The van der Waals surface area contributed by atoms with E-state index in [1.54, 1.807) is 12.3 Å². The molecule has 2 N–H and O–H groups in total. The monoisotopic (exact) mass is 348 g/mol. The van der Waals surface area contributed by atoms with Gasteiger partial charge >= 0.3 is 0 Å². The normalized spacial score (nSPS) is 15.7. The molecule has 6 heteroatoms. The molecule has 0 bridgehead atoms. The lowest BCUT2D eigenvalue weighted by Gasteiger charge is -2.34. The number of benzene rings is 1. The van der Waals surface area contributed by atoms with Gasteiger partial charge < -0.3 is 15.0 Å². The zero-order chi connectivity index (χ0) is 17.8. The topological polar surface area (TPSA) is 87.1 Å². The number of nitrogens with two attached hydrogens (primary N) is 1. The van der Waals surface area contributed by atoms with Crippen LogP contribution in [0.5, 0.6) is 5.75 Å². The quantitative estimate of drug-likeness (QED) is 0.733. The molecule has 132 valence electrons. The summed E-state index contributed by atoms with van der Waals surface area (Å²) >= 11 is 0. The Hall–Kier alpha value is -2.99. The summed E-state index contributed by atoms with van der Waals surface area (Å²) in [5.41, 5.74) is 7.71. The molecule has 1 saturated carbocycles. The van der Waals surface area contributed by atoms with E-state index in [1.165, 1.54) is 0 Å². The van der Waals surface area contributed by atoms with Crippen LogP contribution in [0.15, 0.2) is 53.2 Å². The summed E-state index contributed by atoms with van der Waals surface area (Å²) in [5.74, 6) is 1.86. The molecule has 1 aliphatic carbocycles. The second-order valence-electron chi connectivity index (χ2n) is 6.48. The van der Waals surface area contributed by atoms with Crippen molar-refractivity contribution >= 4 is 12.2 Å². The van der Waals surface area contributed by atoms with Crippen LogP contribution in [0, 0.1) is 0 Å². The van der Waals surface area contributed by atoms with Gasteiger partial charge in [0.05, 0.1) is 11.2 Å². The maximum Gasteiger partial charge on any atom is 0.250 e. The molecule has 0 aliphatic heterocycles. The summed E-state index contributed by atoms with van der Waals surface area (Å²) in [5, 5.41) is 4.00. The lowest BCUT2D eigenvalue weighted by Crippen LogP contribution is -2.44. The molecular weight excluding hydrogens is 328 g/mol. The van der Waals surface area contributed by atoms with Gasteiger partial charge in [-0.2, -0.15) is 4.98 Å². The van der Waals surface area contributed by atoms with Gasteiger partial charge in [-0.25, -0.2) is 0 Å². The smallest absolute Gasteiger partial charge is 0.250 e. The van der Waals surface area contributed by atoms with Crippen LogP contribution < -0.4 is 10.5 Å². The highest BCUT2D eigenvalue weighted by Gasteiger charge is 2.38. The minimum Gasteiger partial charge on any atom is -0.487 e. The lowest BCUT2D eigenvalue weighted by molar-refractivity contribution is 0.229. The molecule has 1 aromatic carbocycles. The Morgan fingerprint density at radius 1 is 1.12 bits per heavy atom. The number of ether oxygens (including phenoxy) is 1. The van der Waals surface area contributed by atoms with Gasteiger partial charge in [-0.3, -0.25) is 4.98 Å². The van der Waals surface area contributed by atoms with Crippen molar-refractivity contribution in [2.24, 2.45) is 5.73 Å². The largest absolute Gasteiger partial charge is 0.487 e. The SMILES string of the molecule is NC1(c2noc(/C=C/c3ccc(OCc4ccccn4)cc3)n2)CCC1. The Morgan fingerprint density at radius 2 is 1.96 bits per heavy atom. The van der Waals surface area contributed by atoms with Crippen LogP contribution in [0.3, 0.4) is 0 Å². The summed E-state index contributed by atoms with van der Waals surface area (Å²) in [7, 11) is 0. The van der Waals surface area contributed by atoms with Crippen molar-refractivity contribution < 1.29 is 9.26 Å². The molecule has 0 amide bonds. The van der Waals surface area contributed by atoms with Crippen LogP contribution in [-0.2, 0) is 12.1 Å². The van der Waals surface area contributed by atoms with E-state index in [4.69, 9.17) is 15.0 Å². The second kappa shape index (κ2) is 7.09. The highest BCUT2D eigenvalue weighted by molar-refractivity contribution is 5.66. The molecule has 6 nitrogen and oxygen atoms in total. The van der Waals surface area contributed by atoms with Gasteiger partial charge in [-0.1, -0.05) is 23.4 Å². The van der Waals surface area contributed by atoms with Crippen molar-refractivity contribution in [2.75, 3.05) is 0 Å². The van der Waals surface area contributed by atoms with Crippen LogP contribution in [0.2, 0.25) is 0 Å². The number of hydrogen-bond donors (Lipinski definition) is 1. The van der Waals surface area contributed by atoms with Crippen LogP contribution in [0.1, 0.15) is 42.2 Å². The minimum atomic E-state index is -0.401. The molecule has 0 atom stereocenters. The van der Waals surface area contributed by atoms with Crippen molar-refractivity contribution in [1.29, 1.82) is 0 Å². The summed E-state index contributed by atoms with van der Waals surface area (Å²) < 4.78 is 11.0. The summed E-state index contributed by atoms with van der Waals surface area (Å²) in [6.07, 6.45) is 8.41. The van der Waals surface area contributed by atoms with E-state index in [1.807, 2.05) is 48.5 Å². The Labute approximate surface area is 151 Å². The zero-order valence-electron chi connectivity index (χ0n) is 14.3. The van der Waals surface area contributed by atoms with Crippen molar-refractivity contribution in [3.63, 3.8) is 0 Å². The molecule has 1 aliphatic rings. The van der Waals surface area contributed by atoms with E-state index in [9.17, 15) is 0 Å². The first-order valence-corrected chi connectivity index (χ1v) is 8.65. The van der Waals surface area contributed by atoms with Crippen molar-refractivity contribution in [1.82, 2.24) is 15.1 Å². The first kappa shape index (κ1) is 16.5. The Balaban J connectivity index is 1.36. The Bertz CT molecular complexity index is 884. The minimum absolute atomic E-state index is 0.401. The molecule has 26 heavy (non-hydrogen) atoms. The van der Waals surface area contributed by atoms with Gasteiger partial charge in [0.25, 0.3) is 5.89 Å². The van der Waals surface area contributed by atoms with E-state index in [-0.39, 0.29) is 0 Å². The van der Waals surface area contributed by atoms with Gasteiger partial charge in [-0.05, 0) is 55.2 Å². The standard InChI is InChI=1S/C20H20N4O2/c21-20(11-3-12-20)19-23-18(26-24-19)10-7-15-5-8-17(9-6-15)25-14-16-4-1-2-13-22-16/h1-2,4-10,13H,3,11-12,14,21H2/b10-7+. The van der Waals surface area contributed by atoms with Crippen LogP contribution in [0.25, 0.3) is 12.2 Å². The fraction of sp³-hybridized carbons (Fsp3) is 0.250. The van der Waals surface area contributed by atoms with Crippen LogP contribution in [-0.4, -0.2) is 15.1 Å². The van der Waals surface area contributed by atoms with E-state index in [0.717, 1.165) is 36.3 Å². The molecule has 4 rings (SSSR count). The molecule has 0 saturated heterocycles. The van der Waals surface area contributed by atoms with Gasteiger partial charge in [0, 0.05) is 12.3 Å². The molecule has 2 heterocycles.